The summed E-state index contributed by atoms with van der Waals surface area (Å²) in [7, 11) is 3.26. The first-order chi connectivity index (χ1) is 15.1. The number of methoxy groups -OCH3 is 1. The van der Waals surface area contributed by atoms with E-state index in [1.54, 1.807) is 24.7 Å². The summed E-state index contributed by atoms with van der Waals surface area (Å²) in [6.45, 7) is 10.1. The number of nitrogens with zero attached hydrogens (tertiary/aromatic N) is 3. The number of benzene rings is 1. The fourth-order valence-corrected chi connectivity index (χ4v) is 3.02. The van der Waals surface area contributed by atoms with Gasteiger partial charge < -0.3 is 18.9 Å². The van der Waals surface area contributed by atoms with Crippen molar-refractivity contribution in [3.8, 4) is 6.07 Å². The van der Waals surface area contributed by atoms with Crippen LogP contribution >= 0.6 is 0 Å². The fourth-order valence-electron chi connectivity index (χ4n) is 3.02. The molecule has 0 radical (unpaired) electrons. The van der Waals surface area contributed by atoms with Crippen molar-refractivity contribution in [3.05, 3.63) is 52.8 Å². The Hall–Kier alpha value is -3.31. The van der Waals surface area contributed by atoms with Gasteiger partial charge in [-0.15, -0.1) is 0 Å². The zero-order valence-electron chi connectivity index (χ0n) is 19.8. The first-order valence-corrected chi connectivity index (χ1v) is 10.3. The molecular weight excluding hydrogens is 410 g/mol. The van der Waals surface area contributed by atoms with E-state index in [1.165, 1.54) is 7.11 Å². The molecule has 8 nitrogen and oxygen atoms in total. The average molecular weight is 442 g/mol. The molecule has 1 aromatic carbocycles. The van der Waals surface area contributed by atoms with Crippen LogP contribution in [0.2, 0.25) is 0 Å². The van der Waals surface area contributed by atoms with Crippen LogP contribution in [0.5, 0.6) is 0 Å². The van der Waals surface area contributed by atoms with Crippen molar-refractivity contribution in [1.29, 1.82) is 5.26 Å². The van der Waals surface area contributed by atoms with Gasteiger partial charge in [-0.05, 0) is 29.5 Å². The first kappa shape index (κ1) is 25.0. The lowest BCUT2D eigenvalue weighted by atomic mass is 9.86. The normalized spacial score (nSPS) is 13.1. The van der Waals surface area contributed by atoms with Crippen molar-refractivity contribution < 1.29 is 23.7 Å². The highest BCUT2D eigenvalue weighted by molar-refractivity contribution is 5.94. The lowest BCUT2D eigenvalue weighted by Gasteiger charge is -2.20. The van der Waals surface area contributed by atoms with Gasteiger partial charge in [-0.1, -0.05) is 45.0 Å². The van der Waals surface area contributed by atoms with Gasteiger partial charge in [0.05, 0.1) is 12.3 Å². The molecule has 1 unspecified atom stereocenters. The van der Waals surface area contributed by atoms with Crippen LogP contribution in [0.25, 0.3) is 11.3 Å². The van der Waals surface area contributed by atoms with E-state index in [0.29, 0.717) is 16.8 Å². The van der Waals surface area contributed by atoms with Gasteiger partial charge in [0, 0.05) is 21.1 Å². The molecule has 0 aliphatic rings. The minimum atomic E-state index is -1.01. The summed E-state index contributed by atoms with van der Waals surface area (Å²) < 4.78 is 22.5. The van der Waals surface area contributed by atoms with Crippen molar-refractivity contribution in [2.75, 3.05) is 20.3 Å². The Labute approximate surface area is 189 Å². The molecule has 2 aromatic rings. The van der Waals surface area contributed by atoms with E-state index >= 15 is 0 Å². The first-order valence-electron chi connectivity index (χ1n) is 10.3. The molecule has 1 aromatic heterocycles. The van der Waals surface area contributed by atoms with Gasteiger partial charge in [0.2, 0.25) is 6.29 Å². The predicted octanol–water partition coefficient (Wildman–Crippen LogP) is 4.58. The largest absolute Gasteiger partial charge is 0.511 e. The van der Waals surface area contributed by atoms with Crippen molar-refractivity contribution in [2.24, 2.45) is 7.05 Å². The second-order valence-corrected chi connectivity index (χ2v) is 8.33. The molecule has 0 amide bonds. The molecule has 0 saturated heterocycles. The molecule has 172 valence electrons. The Morgan fingerprint density at radius 1 is 1.19 bits per heavy atom. The summed E-state index contributed by atoms with van der Waals surface area (Å²) in [5, 5.41) is 14.4. The summed E-state index contributed by atoms with van der Waals surface area (Å²) in [4.78, 5) is 11.9. The van der Waals surface area contributed by atoms with Crippen LogP contribution in [0, 0.1) is 18.3 Å². The molecule has 0 fully saturated rings. The third-order valence-electron chi connectivity index (χ3n) is 4.67. The molecule has 1 heterocycles. The molecule has 0 aliphatic heterocycles. The molecule has 8 heteroatoms. The highest BCUT2D eigenvalue weighted by Gasteiger charge is 2.22. The smallest absolute Gasteiger partial charge is 0.451 e. The van der Waals surface area contributed by atoms with E-state index in [-0.39, 0.29) is 24.4 Å². The number of hydrogen-bond acceptors (Lipinski definition) is 7. The third kappa shape index (κ3) is 6.59. The zero-order valence-corrected chi connectivity index (χ0v) is 19.8. The Bertz CT molecular complexity index is 994. The van der Waals surface area contributed by atoms with Gasteiger partial charge in [0.1, 0.15) is 23.9 Å². The summed E-state index contributed by atoms with van der Waals surface area (Å²) in [5.41, 5.74) is 3.46. The molecule has 32 heavy (non-hydrogen) atoms. The van der Waals surface area contributed by atoms with Crippen molar-refractivity contribution in [2.45, 2.75) is 46.3 Å². The van der Waals surface area contributed by atoms with E-state index in [0.717, 1.165) is 11.3 Å². The number of rotatable bonds is 8. The number of nitriles is 1. The van der Waals surface area contributed by atoms with E-state index in [2.05, 4.69) is 31.9 Å². The van der Waals surface area contributed by atoms with Crippen LogP contribution in [0.1, 0.15) is 50.2 Å². The van der Waals surface area contributed by atoms with Crippen LogP contribution in [-0.2, 0) is 31.4 Å². The maximum Gasteiger partial charge on any atom is 0.511 e. The lowest BCUT2D eigenvalue weighted by Crippen LogP contribution is -2.21. The van der Waals surface area contributed by atoms with Gasteiger partial charge >= 0.3 is 6.16 Å². The second kappa shape index (κ2) is 10.8. The monoisotopic (exact) mass is 441 g/mol. The Morgan fingerprint density at radius 2 is 1.84 bits per heavy atom. The lowest BCUT2D eigenvalue weighted by molar-refractivity contribution is -0.0700. The topological polar surface area (TPSA) is 95.6 Å². The SMILES string of the molecule is COCCOC(=O)OC(C)O/C(=C(/C#N)c1ccc(C(C)(C)C)cc1)c1cc(C)nn1C. The summed E-state index contributed by atoms with van der Waals surface area (Å²) in [5.74, 6) is 0.260. The van der Waals surface area contributed by atoms with Gasteiger partial charge in [-0.25, -0.2) is 4.79 Å². The van der Waals surface area contributed by atoms with Crippen LogP contribution in [0.4, 0.5) is 4.79 Å². The number of aryl methyl sites for hydroxylation is 2. The summed E-state index contributed by atoms with van der Waals surface area (Å²) in [6, 6.07) is 11.8. The van der Waals surface area contributed by atoms with Crippen LogP contribution in [-0.4, -0.2) is 42.5 Å². The minimum Gasteiger partial charge on any atom is -0.451 e. The molecule has 2 rings (SSSR count). The summed E-state index contributed by atoms with van der Waals surface area (Å²) in [6.07, 6.45) is -1.89. The minimum absolute atomic E-state index is 0.0148. The van der Waals surface area contributed by atoms with Crippen molar-refractivity contribution >= 4 is 17.5 Å². The standard InChI is InChI=1S/C24H31N3O5/c1-16-14-21(27(6)26-16)22(31-17(2)32-23(28)30-13-12-29-7)20(15-25)18-8-10-19(11-9-18)24(3,4)5/h8-11,14,17H,12-13H2,1-7H3/b22-20-. The quantitative estimate of drug-likeness (QED) is 0.194. The zero-order chi connectivity index (χ0) is 23.9. The number of allylic oxidation sites excluding steroid dienone is 1. The molecule has 0 aliphatic carbocycles. The van der Waals surface area contributed by atoms with Crippen LogP contribution in [0.3, 0.4) is 0 Å². The van der Waals surface area contributed by atoms with Gasteiger partial charge in [-0.2, -0.15) is 10.4 Å². The van der Waals surface area contributed by atoms with E-state index in [1.807, 2.05) is 31.2 Å². The van der Waals surface area contributed by atoms with Crippen molar-refractivity contribution in [3.63, 3.8) is 0 Å². The van der Waals surface area contributed by atoms with Crippen LogP contribution < -0.4 is 0 Å². The average Bonchev–Trinajstić information content (AvgIpc) is 3.05. The van der Waals surface area contributed by atoms with Gasteiger partial charge in [0.25, 0.3) is 0 Å². The van der Waals surface area contributed by atoms with Crippen molar-refractivity contribution in [1.82, 2.24) is 9.78 Å². The predicted molar refractivity (Wildman–Crippen MR) is 120 cm³/mol. The Kier molecular flexibility index (Phi) is 8.44. The number of carbonyl (C=O) groups is 1. The van der Waals surface area contributed by atoms with Gasteiger partial charge in [-0.3, -0.25) is 4.68 Å². The summed E-state index contributed by atoms with van der Waals surface area (Å²) >= 11 is 0. The highest BCUT2D eigenvalue weighted by atomic mass is 16.8. The number of carbonyl (C=O) groups excluding carboxylic acids is 1. The van der Waals surface area contributed by atoms with Gasteiger partial charge in [0.15, 0.2) is 5.76 Å². The number of aromatic nitrogens is 2. The Morgan fingerprint density at radius 3 is 2.34 bits per heavy atom. The molecule has 0 bridgehead atoms. The van der Waals surface area contributed by atoms with Crippen LogP contribution in [0.15, 0.2) is 30.3 Å². The van der Waals surface area contributed by atoms with E-state index < -0.39 is 12.4 Å². The number of hydrogen-bond donors (Lipinski definition) is 0. The highest BCUT2D eigenvalue weighted by Crippen LogP contribution is 2.30. The second-order valence-electron chi connectivity index (χ2n) is 8.33. The molecule has 1 atom stereocenters. The maximum atomic E-state index is 11.9. The van der Waals surface area contributed by atoms with E-state index in [9.17, 15) is 10.1 Å². The Balaban J connectivity index is 2.41. The molecule has 0 saturated carbocycles. The maximum absolute atomic E-state index is 11.9. The molecular formula is C24H31N3O5. The number of ether oxygens (including phenoxy) is 4. The molecule has 0 N–H and O–H groups in total. The fraction of sp³-hybridized carbons (Fsp3) is 0.458. The third-order valence-corrected chi connectivity index (χ3v) is 4.67. The van der Waals surface area contributed by atoms with E-state index in [4.69, 9.17) is 18.9 Å². The molecule has 0 spiro atoms.